The van der Waals surface area contributed by atoms with Crippen LogP contribution < -0.4 is 4.90 Å². The van der Waals surface area contributed by atoms with Crippen LogP contribution in [0, 0.1) is 5.82 Å². The summed E-state index contributed by atoms with van der Waals surface area (Å²) < 4.78 is 13.1. The lowest BCUT2D eigenvalue weighted by Gasteiger charge is -2.24. The summed E-state index contributed by atoms with van der Waals surface area (Å²) in [6.45, 7) is 5.23. The van der Waals surface area contributed by atoms with Gasteiger partial charge in [0.15, 0.2) is 0 Å². The maximum absolute atomic E-state index is 13.1. The van der Waals surface area contributed by atoms with Gasteiger partial charge in [-0.05, 0) is 54.1 Å². The molecule has 1 saturated heterocycles. The van der Waals surface area contributed by atoms with Crippen molar-refractivity contribution in [2.24, 2.45) is 0 Å². The SMILES string of the molecule is CCSCc1ccc(C(=O)N2CCCN(c3ccc(F)cc3)CC2)cc1. The number of halogens is 1. The number of hydrogen-bond acceptors (Lipinski definition) is 3. The molecule has 26 heavy (non-hydrogen) atoms. The third-order valence-electron chi connectivity index (χ3n) is 4.65. The van der Waals surface area contributed by atoms with E-state index in [0.29, 0.717) is 6.54 Å². The molecule has 0 saturated carbocycles. The van der Waals surface area contributed by atoms with Crippen molar-refractivity contribution in [1.82, 2.24) is 4.90 Å². The Morgan fingerprint density at radius 1 is 1.00 bits per heavy atom. The molecular weight excluding hydrogens is 347 g/mol. The Hall–Kier alpha value is -2.01. The topological polar surface area (TPSA) is 23.6 Å². The van der Waals surface area contributed by atoms with Crippen molar-refractivity contribution in [2.75, 3.05) is 36.8 Å². The van der Waals surface area contributed by atoms with Gasteiger partial charge in [0.05, 0.1) is 0 Å². The van der Waals surface area contributed by atoms with E-state index in [0.717, 1.165) is 48.8 Å². The number of thioether (sulfide) groups is 1. The van der Waals surface area contributed by atoms with Crippen LogP contribution in [-0.2, 0) is 5.75 Å². The van der Waals surface area contributed by atoms with Crippen LogP contribution >= 0.6 is 11.8 Å². The van der Waals surface area contributed by atoms with Gasteiger partial charge in [0.25, 0.3) is 5.91 Å². The van der Waals surface area contributed by atoms with E-state index in [-0.39, 0.29) is 11.7 Å². The van der Waals surface area contributed by atoms with Crippen molar-refractivity contribution < 1.29 is 9.18 Å². The second-order valence-corrected chi connectivity index (χ2v) is 7.72. The van der Waals surface area contributed by atoms with Crippen molar-refractivity contribution in [1.29, 1.82) is 0 Å². The first-order valence-electron chi connectivity index (χ1n) is 9.14. The fraction of sp³-hybridized carbons (Fsp3) is 0.381. The molecular formula is C21H25FN2OS. The molecule has 3 nitrogen and oxygen atoms in total. The van der Waals surface area contributed by atoms with Gasteiger partial charge in [0.1, 0.15) is 5.82 Å². The monoisotopic (exact) mass is 372 g/mol. The van der Waals surface area contributed by atoms with Crippen LogP contribution in [0.25, 0.3) is 0 Å². The van der Waals surface area contributed by atoms with E-state index in [1.807, 2.05) is 28.8 Å². The minimum atomic E-state index is -0.221. The fourth-order valence-electron chi connectivity index (χ4n) is 3.18. The summed E-state index contributed by atoms with van der Waals surface area (Å²) in [5, 5.41) is 0. The molecule has 0 atom stereocenters. The molecule has 2 aromatic rings. The molecule has 3 rings (SSSR count). The first-order chi connectivity index (χ1) is 12.7. The van der Waals surface area contributed by atoms with E-state index in [1.165, 1.54) is 17.7 Å². The molecule has 0 unspecified atom stereocenters. The van der Waals surface area contributed by atoms with Gasteiger partial charge in [0.2, 0.25) is 0 Å². The molecule has 1 amide bonds. The Labute approximate surface area is 159 Å². The van der Waals surface area contributed by atoms with Crippen molar-refractivity contribution >= 4 is 23.4 Å². The average Bonchev–Trinajstić information content (AvgIpc) is 2.93. The van der Waals surface area contributed by atoms with Crippen LogP contribution in [0.4, 0.5) is 10.1 Å². The van der Waals surface area contributed by atoms with Crippen molar-refractivity contribution in [2.45, 2.75) is 19.1 Å². The van der Waals surface area contributed by atoms with E-state index < -0.39 is 0 Å². The predicted octanol–water partition coefficient (Wildman–Crippen LogP) is 4.43. The van der Waals surface area contributed by atoms with Crippen LogP contribution in [0.5, 0.6) is 0 Å². The Bertz CT molecular complexity index is 718. The first-order valence-corrected chi connectivity index (χ1v) is 10.3. The summed E-state index contributed by atoms with van der Waals surface area (Å²) in [6, 6.07) is 14.6. The summed E-state index contributed by atoms with van der Waals surface area (Å²) >= 11 is 1.88. The smallest absolute Gasteiger partial charge is 0.253 e. The van der Waals surface area contributed by atoms with Crippen molar-refractivity contribution in [3.05, 3.63) is 65.5 Å². The molecule has 0 aliphatic carbocycles. The number of amides is 1. The summed E-state index contributed by atoms with van der Waals surface area (Å²) in [7, 11) is 0. The zero-order chi connectivity index (χ0) is 18.4. The van der Waals surface area contributed by atoms with Crippen molar-refractivity contribution in [3.8, 4) is 0 Å². The van der Waals surface area contributed by atoms with Gasteiger partial charge in [0, 0.05) is 43.2 Å². The number of benzene rings is 2. The second kappa shape index (κ2) is 9.08. The summed E-state index contributed by atoms with van der Waals surface area (Å²) in [5.41, 5.74) is 3.02. The quantitative estimate of drug-likeness (QED) is 0.776. The van der Waals surface area contributed by atoms with Crippen LogP contribution in [-0.4, -0.2) is 42.7 Å². The fourth-order valence-corrected chi connectivity index (χ4v) is 3.81. The molecule has 0 N–H and O–H groups in total. The number of anilines is 1. The first kappa shape index (κ1) is 18.8. The van der Waals surface area contributed by atoms with Gasteiger partial charge in [-0.1, -0.05) is 19.1 Å². The van der Waals surface area contributed by atoms with Gasteiger partial charge in [-0.25, -0.2) is 4.39 Å². The van der Waals surface area contributed by atoms with Gasteiger partial charge >= 0.3 is 0 Å². The maximum Gasteiger partial charge on any atom is 0.253 e. The molecule has 0 radical (unpaired) electrons. The molecule has 1 aliphatic heterocycles. The number of hydrogen-bond donors (Lipinski definition) is 0. The van der Waals surface area contributed by atoms with Crippen LogP contribution in [0.1, 0.15) is 29.3 Å². The molecule has 138 valence electrons. The van der Waals surface area contributed by atoms with Gasteiger partial charge in [-0.3, -0.25) is 4.79 Å². The molecule has 5 heteroatoms. The summed E-state index contributed by atoms with van der Waals surface area (Å²) in [5.74, 6) is 1.96. The van der Waals surface area contributed by atoms with E-state index >= 15 is 0 Å². The van der Waals surface area contributed by atoms with Crippen LogP contribution in [0.2, 0.25) is 0 Å². The molecule has 0 bridgehead atoms. The number of rotatable bonds is 5. The van der Waals surface area contributed by atoms with E-state index in [9.17, 15) is 9.18 Å². The highest BCUT2D eigenvalue weighted by Crippen LogP contribution is 2.19. The highest BCUT2D eigenvalue weighted by atomic mass is 32.2. The zero-order valence-electron chi connectivity index (χ0n) is 15.2. The largest absolute Gasteiger partial charge is 0.370 e. The minimum absolute atomic E-state index is 0.0978. The lowest BCUT2D eigenvalue weighted by atomic mass is 10.1. The highest BCUT2D eigenvalue weighted by molar-refractivity contribution is 7.98. The predicted molar refractivity (Wildman–Crippen MR) is 107 cm³/mol. The normalized spacial score (nSPS) is 15.0. The van der Waals surface area contributed by atoms with E-state index in [4.69, 9.17) is 0 Å². The molecule has 2 aromatic carbocycles. The van der Waals surface area contributed by atoms with Gasteiger partial charge < -0.3 is 9.80 Å². The third kappa shape index (κ3) is 4.79. The molecule has 0 spiro atoms. The van der Waals surface area contributed by atoms with Gasteiger partial charge in [-0.2, -0.15) is 11.8 Å². The second-order valence-electron chi connectivity index (χ2n) is 6.44. The molecule has 1 aliphatic rings. The van der Waals surface area contributed by atoms with Crippen molar-refractivity contribution in [3.63, 3.8) is 0 Å². The lowest BCUT2D eigenvalue weighted by Crippen LogP contribution is -2.35. The molecule has 1 heterocycles. The highest BCUT2D eigenvalue weighted by Gasteiger charge is 2.20. The minimum Gasteiger partial charge on any atom is -0.370 e. The maximum atomic E-state index is 13.1. The van der Waals surface area contributed by atoms with Crippen LogP contribution in [0.15, 0.2) is 48.5 Å². The third-order valence-corrected chi connectivity index (χ3v) is 5.59. The Kier molecular flexibility index (Phi) is 6.56. The van der Waals surface area contributed by atoms with E-state index in [1.54, 1.807) is 12.1 Å². The van der Waals surface area contributed by atoms with E-state index in [2.05, 4.69) is 24.0 Å². The zero-order valence-corrected chi connectivity index (χ0v) is 16.0. The summed E-state index contributed by atoms with van der Waals surface area (Å²) in [6.07, 6.45) is 0.911. The molecule has 0 aromatic heterocycles. The summed E-state index contributed by atoms with van der Waals surface area (Å²) in [4.78, 5) is 17.0. The standard InChI is InChI=1S/C21H25FN2OS/c1-2-26-16-17-4-6-18(7-5-17)21(25)24-13-3-12-23(14-15-24)20-10-8-19(22)9-11-20/h4-11H,2-3,12-16H2,1H3. The lowest BCUT2D eigenvalue weighted by molar-refractivity contribution is 0.0767. The van der Waals surface area contributed by atoms with Gasteiger partial charge in [-0.15, -0.1) is 0 Å². The molecule has 1 fully saturated rings. The average molecular weight is 373 g/mol. The number of carbonyl (C=O) groups excluding carboxylic acids is 1. The Morgan fingerprint density at radius 2 is 1.73 bits per heavy atom. The van der Waals surface area contributed by atoms with Crippen LogP contribution in [0.3, 0.4) is 0 Å². The Balaban J connectivity index is 1.61. The number of nitrogens with zero attached hydrogens (tertiary/aromatic N) is 2. The number of carbonyl (C=O) groups is 1. The Morgan fingerprint density at radius 3 is 2.42 bits per heavy atom.